The third-order valence-electron chi connectivity index (χ3n) is 4.27. The maximum atomic E-state index is 12.4. The number of carbonyl (C=O) groups excluding carboxylic acids is 1. The molecule has 8 heteroatoms. The van der Waals surface area contributed by atoms with E-state index in [9.17, 15) is 13.2 Å². The zero-order chi connectivity index (χ0) is 16.9. The largest absolute Gasteiger partial charge is 0.342 e. The van der Waals surface area contributed by atoms with E-state index in [4.69, 9.17) is 0 Å². The molecule has 1 amide bonds. The number of sulfonamides is 1. The number of nitrogens with zero attached hydrogens (tertiary/aromatic N) is 2. The van der Waals surface area contributed by atoms with E-state index in [-0.39, 0.29) is 29.8 Å². The number of hydrogen-bond donors (Lipinski definition) is 1. The number of nitrogens with one attached hydrogen (secondary N) is 1. The van der Waals surface area contributed by atoms with Crippen LogP contribution in [0.3, 0.4) is 0 Å². The zero-order valence-electron chi connectivity index (χ0n) is 14.1. The summed E-state index contributed by atoms with van der Waals surface area (Å²) >= 11 is 0. The number of piperidine rings is 1. The highest BCUT2D eigenvalue weighted by Gasteiger charge is 2.27. The van der Waals surface area contributed by atoms with Crippen LogP contribution in [0.25, 0.3) is 0 Å². The molecule has 0 aromatic heterocycles. The van der Waals surface area contributed by atoms with Crippen molar-refractivity contribution in [3.05, 3.63) is 30.3 Å². The van der Waals surface area contributed by atoms with Gasteiger partial charge in [-0.3, -0.25) is 4.79 Å². The van der Waals surface area contributed by atoms with Crippen LogP contribution in [-0.4, -0.2) is 63.8 Å². The zero-order valence-corrected chi connectivity index (χ0v) is 15.8. The number of carbonyl (C=O) groups is 1. The van der Waals surface area contributed by atoms with Gasteiger partial charge in [0.2, 0.25) is 15.9 Å². The lowest BCUT2D eigenvalue weighted by molar-refractivity contribution is -0.132. The van der Waals surface area contributed by atoms with Gasteiger partial charge in [-0.25, -0.2) is 8.42 Å². The molecule has 1 aliphatic heterocycles. The van der Waals surface area contributed by atoms with Gasteiger partial charge in [0.15, 0.2) is 0 Å². The molecule has 1 aliphatic rings. The highest BCUT2D eigenvalue weighted by molar-refractivity contribution is 7.89. The predicted octanol–water partition coefficient (Wildman–Crippen LogP) is 1.19. The number of halogens is 1. The number of rotatable bonds is 6. The fraction of sp³-hybridized carbons (Fsp3) is 0.562. The first kappa shape index (κ1) is 20.9. The molecule has 1 N–H and O–H groups in total. The Hall–Kier alpha value is -1.15. The Kier molecular flexibility index (Phi) is 8.15. The van der Waals surface area contributed by atoms with E-state index in [1.54, 1.807) is 35.2 Å². The van der Waals surface area contributed by atoms with Crippen LogP contribution in [0.2, 0.25) is 0 Å². The van der Waals surface area contributed by atoms with Crippen molar-refractivity contribution in [2.24, 2.45) is 5.92 Å². The summed E-state index contributed by atoms with van der Waals surface area (Å²) in [6, 6.07) is 8.20. The van der Waals surface area contributed by atoms with Crippen LogP contribution in [0.15, 0.2) is 35.2 Å². The van der Waals surface area contributed by atoms with Crippen LogP contribution in [0, 0.1) is 5.92 Å². The van der Waals surface area contributed by atoms with Gasteiger partial charge in [-0.05, 0) is 44.5 Å². The summed E-state index contributed by atoms with van der Waals surface area (Å²) in [4.78, 5) is 14.3. The Balaban J connectivity index is 0.00000288. The monoisotopic (exact) mass is 375 g/mol. The molecule has 0 unspecified atom stereocenters. The molecule has 1 aromatic carbocycles. The molecular formula is C16H26ClN3O3S. The van der Waals surface area contributed by atoms with Gasteiger partial charge in [0.05, 0.1) is 11.4 Å². The first-order valence-electron chi connectivity index (χ1n) is 7.89. The van der Waals surface area contributed by atoms with E-state index >= 15 is 0 Å². The number of hydrogen-bond acceptors (Lipinski definition) is 4. The second-order valence-corrected chi connectivity index (χ2v) is 8.00. The van der Waals surface area contributed by atoms with Crippen LogP contribution < -0.4 is 5.32 Å². The van der Waals surface area contributed by atoms with Crippen molar-refractivity contribution >= 4 is 28.3 Å². The Labute approximate surface area is 150 Å². The van der Waals surface area contributed by atoms with Crippen molar-refractivity contribution in [3.63, 3.8) is 0 Å². The van der Waals surface area contributed by atoms with Crippen LogP contribution in [0.4, 0.5) is 0 Å². The SMILES string of the molecule is CNCC1CCN(C(=O)CN(C)S(=O)(=O)c2ccccc2)CC1.Cl. The van der Waals surface area contributed by atoms with Crippen molar-refractivity contribution in [2.75, 3.05) is 40.3 Å². The lowest BCUT2D eigenvalue weighted by Crippen LogP contribution is -2.45. The average Bonchev–Trinajstić information content (AvgIpc) is 2.56. The topological polar surface area (TPSA) is 69.7 Å². The molecule has 2 rings (SSSR count). The van der Waals surface area contributed by atoms with Crippen LogP contribution >= 0.6 is 12.4 Å². The highest BCUT2D eigenvalue weighted by atomic mass is 35.5. The molecule has 1 fully saturated rings. The van der Waals surface area contributed by atoms with E-state index in [1.165, 1.54) is 7.05 Å². The van der Waals surface area contributed by atoms with Gasteiger partial charge < -0.3 is 10.2 Å². The number of likely N-dealkylation sites (N-methyl/N-ethyl adjacent to an activating group) is 1. The maximum Gasteiger partial charge on any atom is 0.243 e. The standard InChI is InChI=1S/C16H25N3O3S.ClH/c1-17-12-14-8-10-19(11-9-14)16(20)13-18(2)23(21,22)15-6-4-3-5-7-15;/h3-7,14,17H,8-13H2,1-2H3;1H. The minimum absolute atomic E-state index is 0. The van der Waals surface area contributed by atoms with Gasteiger partial charge in [-0.15, -0.1) is 12.4 Å². The van der Waals surface area contributed by atoms with Gasteiger partial charge >= 0.3 is 0 Å². The van der Waals surface area contributed by atoms with E-state index in [0.717, 1.165) is 23.7 Å². The van der Waals surface area contributed by atoms with Gasteiger partial charge in [0, 0.05) is 20.1 Å². The second-order valence-electron chi connectivity index (χ2n) is 5.96. The van der Waals surface area contributed by atoms with Gasteiger partial charge in [0.1, 0.15) is 0 Å². The van der Waals surface area contributed by atoms with Crippen LogP contribution in [0.1, 0.15) is 12.8 Å². The molecule has 0 radical (unpaired) electrons. The van der Waals surface area contributed by atoms with Gasteiger partial charge in [0.25, 0.3) is 0 Å². The van der Waals surface area contributed by atoms with Crippen LogP contribution in [-0.2, 0) is 14.8 Å². The number of likely N-dealkylation sites (tertiary alicyclic amines) is 1. The van der Waals surface area contributed by atoms with Crippen molar-refractivity contribution < 1.29 is 13.2 Å². The molecule has 0 atom stereocenters. The summed E-state index contributed by atoms with van der Waals surface area (Å²) in [6.07, 6.45) is 1.92. The molecule has 0 saturated carbocycles. The summed E-state index contributed by atoms with van der Waals surface area (Å²) in [6.45, 7) is 2.24. The minimum atomic E-state index is -3.62. The molecule has 136 valence electrons. The van der Waals surface area contributed by atoms with E-state index in [2.05, 4.69) is 5.32 Å². The molecule has 1 heterocycles. The highest BCUT2D eigenvalue weighted by Crippen LogP contribution is 2.18. The Morgan fingerprint density at radius 1 is 1.25 bits per heavy atom. The van der Waals surface area contributed by atoms with E-state index in [0.29, 0.717) is 19.0 Å². The molecular weight excluding hydrogens is 350 g/mol. The van der Waals surface area contributed by atoms with Crippen molar-refractivity contribution in [1.82, 2.24) is 14.5 Å². The maximum absolute atomic E-state index is 12.4. The van der Waals surface area contributed by atoms with Crippen molar-refractivity contribution in [3.8, 4) is 0 Å². The molecule has 1 saturated heterocycles. The fourth-order valence-electron chi connectivity index (χ4n) is 2.82. The summed E-state index contributed by atoms with van der Waals surface area (Å²) in [5.41, 5.74) is 0. The predicted molar refractivity (Wildman–Crippen MR) is 96.7 cm³/mol. The van der Waals surface area contributed by atoms with Gasteiger partial charge in [-0.1, -0.05) is 18.2 Å². The Morgan fingerprint density at radius 3 is 2.38 bits per heavy atom. The first-order valence-corrected chi connectivity index (χ1v) is 9.33. The summed E-state index contributed by atoms with van der Waals surface area (Å²) in [7, 11) is -0.232. The smallest absolute Gasteiger partial charge is 0.243 e. The van der Waals surface area contributed by atoms with Gasteiger partial charge in [-0.2, -0.15) is 4.31 Å². The summed E-state index contributed by atoms with van der Waals surface area (Å²) < 4.78 is 26.0. The Morgan fingerprint density at radius 2 is 1.83 bits per heavy atom. The summed E-state index contributed by atoms with van der Waals surface area (Å²) in [5, 5.41) is 3.16. The first-order chi connectivity index (χ1) is 10.9. The normalized spacial score (nSPS) is 16.0. The number of amides is 1. The minimum Gasteiger partial charge on any atom is -0.342 e. The summed E-state index contributed by atoms with van der Waals surface area (Å²) in [5.74, 6) is 0.463. The molecule has 0 aliphatic carbocycles. The lowest BCUT2D eigenvalue weighted by atomic mass is 9.97. The van der Waals surface area contributed by atoms with E-state index < -0.39 is 10.0 Å². The molecule has 6 nitrogen and oxygen atoms in total. The third-order valence-corrected chi connectivity index (χ3v) is 6.09. The fourth-order valence-corrected chi connectivity index (χ4v) is 3.96. The third kappa shape index (κ3) is 5.17. The molecule has 1 aromatic rings. The average molecular weight is 376 g/mol. The van der Waals surface area contributed by atoms with Crippen molar-refractivity contribution in [1.29, 1.82) is 0 Å². The van der Waals surface area contributed by atoms with Crippen molar-refractivity contribution in [2.45, 2.75) is 17.7 Å². The molecule has 0 bridgehead atoms. The Bertz CT molecular complexity index is 617. The number of benzene rings is 1. The van der Waals surface area contributed by atoms with E-state index in [1.807, 2.05) is 7.05 Å². The lowest BCUT2D eigenvalue weighted by Gasteiger charge is -2.32. The quantitative estimate of drug-likeness (QED) is 0.810. The molecule has 24 heavy (non-hydrogen) atoms. The molecule has 0 spiro atoms. The van der Waals surface area contributed by atoms with Crippen LogP contribution in [0.5, 0.6) is 0 Å². The second kappa shape index (κ2) is 9.36.